The Hall–Kier alpha value is -3.75. The molecular weight excluding hydrogens is 426 g/mol. The zero-order valence-corrected chi connectivity index (χ0v) is 18.1. The second-order valence-corrected chi connectivity index (χ2v) is 9.32. The quantitative estimate of drug-likeness (QED) is 0.357. The lowest BCUT2D eigenvalue weighted by Crippen LogP contribution is -2.27. The van der Waals surface area contributed by atoms with Gasteiger partial charge in [0.1, 0.15) is 0 Å². The topological polar surface area (TPSA) is 92.5 Å². The number of nitrogens with zero attached hydrogens (tertiary/aromatic N) is 3. The van der Waals surface area contributed by atoms with Crippen molar-refractivity contribution in [2.45, 2.75) is 11.4 Å². The van der Waals surface area contributed by atoms with Crippen molar-refractivity contribution < 1.29 is 18.4 Å². The molecule has 0 radical (unpaired) electrons. The molecule has 4 rings (SSSR count). The first-order valence-electron chi connectivity index (χ1n) is 9.83. The maximum atomic E-state index is 12.9. The summed E-state index contributed by atoms with van der Waals surface area (Å²) >= 11 is 0. The number of carbonyl (C=O) groups excluding carboxylic acids is 1. The number of benzene rings is 3. The third kappa shape index (κ3) is 4.61. The summed E-state index contributed by atoms with van der Waals surface area (Å²) in [6, 6.07) is 26.4. The van der Waals surface area contributed by atoms with Gasteiger partial charge in [-0.1, -0.05) is 60.7 Å². The number of sulfone groups is 1. The smallest absolute Gasteiger partial charge is 0.285 e. The molecule has 0 fully saturated rings. The van der Waals surface area contributed by atoms with E-state index < -0.39 is 15.7 Å². The highest BCUT2D eigenvalue weighted by Gasteiger charge is 2.21. The van der Waals surface area contributed by atoms with E-state index >= 15 is 0 Å². The maximum absolute atomic E-state index is 12.9. The Morgan fingerprint density at radius 1 is 0.938 bits per heavy atom. The largest absolute Gasteiger partial charge is 0.298 e. The van der Waals surface area contributed by atoms with Crippen molar-refractivity contribution in [3.63, 3.8) is 0 Å². The second kappa shape index (κ2) is 8.78. The van der Waals surface area contributed by atoms with Crippen LogP contribution in [0.15, 0.2) is 95.9 Å². The summed E-state index contributed by atoms with van der Waals surface area (Å²) in [5, 5.41) is 15.4. The zero-order chi connectivity index (χ0) is 22.7. The SMILES string of the molecule is CS(=O)(=O)c1ccc(-n2nc(C(=O)N(O)Cc3ccccc3)cc2-c2ccccc2)cc1. The fourth-order valence-corrected chi connectivity index (χ4v) is 3.92. The van der Waals surface area contributed by atoms with Gasteiger partial charge in [0.05, 0.1) is 22.8 Å². The van der Waals surface area contributed by atoms with Crippen LogP contribution in [0.1, 0.15) is 16.1 Å². The normalized spacial score (nSPS) is 11.3. The van der Waals surface area contributed by atoms with Crippen molar-refractivity contribution in [3.8, 4) is 16.9 Å². The van der Waals surface area contributed by atoms with Gasteiger partial charge in [0, 0.05) is 11.8 Å². The Labute approximate surface area is 186 Å². The minimum absolute atomic E-state index is 0.0241. The van der Waals surface area contributed by atoms with Crippen LogP contribution in [-0.2, 0) is 16.4 Å². The van der Waals surface area contributed by atoms with Gasteiger partial charge < -0.3 is 0 Å². The predicted octanol–water partition coefficient (Wildman–Crippen LogP) is 3.97. The summed E-state index contributed by atoms with van der Waals surface area (Å²) in [5.41, 5.74) is 2.88. The molecule has 3 aromatic carbocycles. The van der Waals surface area contributed by atoms with E-state index in [1.54, 1.807) is 22.9 Å². The Balaban J connectivity index is 1.72. The van der Waals surface area contributed by atoms with E-state index in [9.17, 15) is 18.4 Å². The van der Waals surface area contributed by atoms with Crippen molar-refractivity contribution >= 4 is 15.7 Å². The van der Waals surface area contributed by atoms with Gasteiger partial charge >= 0.3 is 0 Å². The average Bonchev–Trinajstić information content (AvgIpc) is 3.25. The molecule has 162 valence electrons. The molecule has 32 heavy (non-hydrogen) atoms. The number of hydrogen-bond donors (Lipinski definition) is 1. The standard InChI is InChI=1S/C24H21N3O4S/c1-32(30,31)21-14-12-20(13-15-21)27-23(19-10-6-3-7-11-19)16-22(25-27)24(28)26(29)17-18-8-4-2-5-9-18/h2-16,29H,17H2,1H3. The van der Waals surface area contributed by atoms with Crippen LogP contribution in [0.2, 0.25) is 0 Å². The second-order valence-electron chi connectivity index (χ2n) is 7.31. The highest BCUT2D eigenvalue weighted by atomic mass is 32.2. The molecule has 0 saturated carbocycles. The van der Waals surface area contributed by atoms with Gasteiger partial charge in [-0.25, -0.2) is 18.2 Å². The van der Waals surface area contributed by atoms with Gasteiger partial charge in [-0.15, -0.1) is 0 Å². The number of hydrogen-bond acceptors (Lipinski definition) is 5. The summed E-state index contributed by atoms with van der Waals surface area (Å²) in [5.74, 6) is -0.641. The van der Waals surface area contributed by atoms with Gasteiger partial charge in [-0.2, -0.15) is 5.10 Å². The van der Waals surface area contributed by atoms with Crippen LogP contribution in [0, 0.1) is 0 Å². The first kappa shape index (κ1) is 21.5. The molecule has 4 aromatic rings. The minimum atomic E-state index is -3.34. The van der Waals surface area contributed by atoms with E-state index in [4.69, 9.17) is 0 Å². The van der Waals surface area contributed by atoms with E-state index in [0.717, 1.165) is 17.4 Å². The first-order chi connectivity index (χ1) is 15.3. The molecule has 0 aliphatic carbocycles. The van der Waals surface area contributed by atoms with Crippen LogP contribution >= 0.6 is 0 Å². The van der Waals surface area contributed by atoms with Crippen LogP contribution in [0.3, 0.4) is 0 Å². The maximum Gasteiger partial charge on any atom is 0.298 e. The van der Waals surface area contributed by atoms with Crippen LogP contribution in [-0.4, -0.2) is 40.6 Å². The Morgan fingerprint density at radius 2 is 1.53 bits per heavy atom. The Morgan fingerprint density at radius 3 is 2.12 bits per heavy atom. The Bertz CT molecular complexity index is 1330. The lowest BCUT2D eigenvalue weighted by atomic mass is 10.1. The lowest BCUT2D eigenvalue weighted by Gasteiger charge is -2.13. The summed E-state index contributed by atoms with van der Waals surface area (Å²) in [6.07, 6.45) is 1.14. The van der Waals surface area contributed by atoms with Crippen LogP contribution < -0.4 is 0 Å². The van der Waals surface area contributed by atoms with E-state index in [1.165, 1.54) is 12.1 Å². The monoisotopic (exact) mass is 447 g/mol. The van der Waals surface area contributed by atoms with Crippen molar-refractivity contribution in [3.05, 3.63) is 102 Å². The van der Waals surface area contributed by atoms with Crippen LogP contribution in [0.4, 0.5) is 0 Å². The van der Waals surface area contributed by atoms with E-state index in [1.807, 2.05) is 60.7 Å². The van der Waals surface area contributed by atoms with E-state index in [-0.39, 0.29) is 17.1 Å². The third-order valence-electron chi connectivity index (χ3n) is 4.92. The van der Waals surface area contributed by atoms with Crippen LogP contribution in [0.5, 0.6) is 0 Å². The fourth-order valence-electron chi connectivity index (χ4n) is 3.29. The summed E-state index contributed by atoms with van der Waals surface area (Å²) in [7, 11) is -3.34. The van der Waals surface area contributed by atoms with E-state index in [2.05, 4.69) is 5.10 Å². The lowest BCUT2D eigenvalue weighted by molar-refractivity contribution is -0.0652. The number of hydroxylamine groups is 2. The number of rotatable bonds is 6. The molecule has 7 nitrogen and oxygen atoms in total. The molecule has 0 aliphatic heterocycles. The van der Waals surface area contributed by atoms with Crippen molar-refractivity contribution in [1.29, 1.82) is 0 Å². The van der Waals surface area contributed by atoms with Gasteiger partial charge in [0.2, 0.25) is 0 Å². The van der Waals surface area contributed by atoms with Crippen molar-refractivity contribution in [2.75, 3.05) is 6.26 Å². The molecule has 0 aliphatic rings. The van der Waals surface area contributed by atoms with Crippen molar-refractivity contribution in [2.24, 2.45) is 0 Å². The summed E-state index contributed by atoms with van der Waals surface area (Å²) < 4.78 is 25.1. The van der Waals surface area contributed by atoms with Gasteiger partial charge in [-0.3, -0.25) is 10.0 Å². The fraction of sp³-hybridized carbons (Fsp3) is 0.0833. The molecule has 1 amide bonds. The van der Waals surface area contributed by atoms with Crippen LogP contribution in [0.25, 0.3) is 16.9 Å². The number of amides is 1. The Kier molecular flexibility index (Phi) is 5.89. The first-order valence-corrected chi connectivity index (χ1v) is 11.7. The molecule has 0 bridgehead atoms. The molecule has 8 heteroatoms. The summed E-state index contributed by atoms with van der Waals surface area (Å²) in [4.78, 5) is 13.1. The average molecular weight is 448 g/mol. The van der Waals surface area contributed by atoms with Gasteiger partial charge in [0.15, 0.2) is 15.5 Å². The van der Waals surface area contributed by atoms with Gasteiger partial charge in [-0.05, 0) is 35.9 Å². The van der Waals surface area contributed by atoms with Gasteiger partial charge in [0.25, 0.3) is 5.91 Å². The minimum Gasteiger partial charge on any atom is -0.285 e. The molecular formula is C24H21N3O4S. The number of aromatic nitrogens is 2. The molecule has 1 heterocycles. The third-order valence-corrected chi connectivity index (χ3v) is 6.05. The summed E-state index contributed by atoms with van der Waals surface area (Å²) in [6.45, 7) is 0.0241. The molecule has 0 atom stereocenters. The molecule has 0 unspecified atom stereocenters. The number of carbonyl (C=O) groups is 1. The molecule has 1 N–H and O–H groups in total. The van der Waals surface area contributed by atoms with E-state index in [0.29, 0.717) is 16.4 Å². The predicted molar refractivity (Wildman–Crippen MR) is 120 cm³/mol. The van der Waals surface area contributed by atoms with Crippen molar-refractivity contribution in [1.82, 2.24) is 14.8 Å². The zero-order valence-electron chi connectivity index (χ0n) is 17.3. The molecule has 0 saturated heterocycles. The highest BCUT2D eigenvalue weighted by Crippen LogP contribution is 2.25. The molecule has 0 spiro atoms. The molecule has 1 aromatic heterocycles. The highest BCUT2D eigenvalue weighted by molar-refractivity contribution is 7.90.